The Bertz CT molecular complexity index is 831. The number of aryl methyl sites for hydroxylation is 1. The molecule has 0 aliphatic heterocycles. The summed E-state index contributed by atoms with van der Waals surface area (Å²) in [4.78, 5) is 4.64. The molecule has 2 aromatic rings. The minimum atomic E-state index is -2.13. The molecule has 23 heavy (non-hydrogen) atoms. The summed E-state index contributed by atoms with van der Waals surface area (Å²) < 4.78 is 40.5. The topological polar surface area (TPSA) is 12.9 Å². The van der Waals surface area contributed by atoms with Crippen molar-refractivity contribution >= 4 is 13.3 Å². The molecule has 0 atom stereocenters. The van der Waals surface area contributed by atoms with Crippen LogP contribution in [0, 0.1) is 12.8 Å². The Kier molecular flexibility index (Phi) is 3.21. The lowest BCUT2D eigenvalue weighted by atomic mass is 9.97. The second-order valence-electron chi connectivity index (χ2n) is 7.57. The third-order valence-electron chi connectivity index (χ3n) is 4.61. The molecule has 0 bridgehead atoms. The molecule has 1 fully saturated rings. The van der Waals surface area contributed by atoms with Gasteiger partial charge in [-0.05, 0) is 36.0 Å². The number of hydrogen-bond donors (Lipinski definition) is 0. The Balaban J connectivity index is 2.07. The summed E-state index contributed by atoms with van der Waals surface area (Å²) >= 11 is 0. The number of hydrogen-bond acceptors (Lipinski definition) is 1. The van der Waals surface area contributed by atoms with E-state index in [1.165, 1.54) is 0 Å². The molecule has 122 valence electrons. The molecule has 0 radical (unpaired) electrons. The van der Waals surface area contributed by atoms with Crippen molar-refractivity contribution in [2.75, 3.05) is 0 Å². The number of pyridine rings is 1. The molecule has 0 unspecified atom stereocenters. The fraction of sp³-hybridized carbons (Fsp3) is 0.476. The molecule has 3 rings (SSSR count). The summed E-state index contributed by atoms with van der Waals surface area (Å²) in [6, 6.07) is 8.68. The lowest BCUT2D eigenvalue weighted by molar-refractivity contribution is 0.547. The molecule has 1 aromatic heterocycles. The number of nitrogens with zero attached hydrogens (tertiary/aromatic N) is 1. The summed E-state index contributed by atoms with van der Waals surface area (Å²) in [5.41, 5.74) is 2.61. The normalized spacial score (nSPS) is 20.4. The van der Waals surface area contributed by atoms with Crippen LogP contribution < -0.4 is 5.19 Å². The SMILES string of the molecule is [2H]C([2H])([2H])c1ccc(-c2cc(C([2H])([2H])C3CCCC3)c([Si](C)(C)C)cn2)cc1. The maximum absolute atomic E-state index is 8.95. The standard InChI is InChI=1S/C21H29NSi/c1-16-9-11-18(12-10-16)20-14-19(13-17-7-5-6-8-17)21(15-22-20)23(2,3)4/h9-12,14-15,17H,5-8,13H2,1-4H3/i1D3,13D2. The predicted molar refractivity (Wildman–Crippen MR) is 103 cm³/mol. The minimum Gasteiger partial charge on any atom is -0.256 e. The summed E-state index contributed by atoms with van der Waals surface area (Å²) in [6.07, 6.45) is 4.55. The highest BCUT2D eigenvalue weighted by Crippen LogP contribution is 2.29. The third kappa shape index (κ3) is 3.92. The molecular weight excluding hydrogens is 294 g/mol. The molecular formula is C21H29NSi. The first-order valence-corrected chi connectivity index (χ1v) is 12.0. The van der Waals surface area contributed by atoms with E-state index >= 15 is 0 Å². The first-order chi connectivity index (χ1) is 12.9. The van der Waals surface area contributed by atoms with Crippen molar-refractivity contribution in [1.82, 2.24) is 4.98 Å². The molecule has 2 heteroatoms. The second-order valence-corrected chi connectivity index (χ2v) is 12.6. The van der Waals surface area contributed by atoms with Crippen LogP contribution in [0.25, 0.3) is 11.3 Å². The van der Waals surface area contributed by atoms with E-state index in [0.717, 1.165) is 42.0 Å². The molecule has 0 saturated heterocycles. The second kappa shape index (κ2) is 6.60. The zero-order valence-corrected chi connectivity index (χ0v) is 15.3. The van der Waals surface area contributed by atoms with Crippen molar-refractivity contribution in [2.24, 2.45) is 5.92 Å². The average molecular weight is 329 g/mol. The molecule has 1 nitrogen and oxygen atoms in total. The van der Waals surface area contributed by atoms with Gasteiger partial charge in [-0.15, -0.1) is 0 Å². The Labute approximate surface area is 149 Å². The van der Waals surface area contributed by atoms with Gasteiger partial charge in [0.1, 0.15) is 0 Å². The summed E-state index contributed by atoms with van der Waals surface area (Å²) in [5, 5.41) is 1.08. The molecule has 1 saturated carbocycles. The third-order valence-corrected chi connectivity index (χ3v) is 6.62. The van der Waals surface area contributed by atoms with Crippen molar-refractivity contribution in [3.8, 4) is 11.3 Å². The molecule has 1 heterocycles. The largest absolute Gasteiger partial charge is 0.256 e. The monoisotopic (exact) mass is 328 g/mol. The van der Waals surface area contributed by atoms with Gasteiger partial charge >= 0.3 is 0 Å². The number of aromatic nitrogens is 1. The molecule has 0 N–H and O–H groups in total. The Morgan fingerprint density at radius 3 is 2.48 bits per heavy atom. The number of benzene rings is 1. The Morgan fingerprint density at radius 1 is 1.17 bits per heavy atom. The molecule has 1 aliphatic rings. The van der Waals surface area contributed by atoms with Crippen LogP contribution in [0.4, 0.5) is 0 Å². The van der Waals surface area contributed by atoms with E-state index in [-0.39, 0.29) is 5.92 Å². The first-order valence-electron chi connectivity index (χ1n) is 11.0. The Morgan fingerprint density at radius 2 is 1.87 bits per heavy atom. The van der Waals surface area contributed by atoms with E-state index in [4.69, 9.17) is 6.85 Å². The van der Waals surface area contributed by atoms with Gasteiger partial charge in [-0.25, -0.2) is 0 Å². The van der Waals surface area contributed by atoms with E-state index < -0.39 is 21.3 Å². The van der Waals surface area contributed by atoms with Crippen LogP contribution in [0.5, 0.6) is 0 Å². The first kappa shape index (κ1) is 11.2. The van der Waals surface area contributed by atoms with Gasteiger partial charge in [-0.3, -0.25) is 4.98 Å². The van der Waals surface area contributed by atoms with Gasteiger partial charge in [0.05, 0.1) is 13.8 Å². The van der Waals surface area contributed by atoms with Crippen LogP contribution >= 0.6 is 0 Å². The molecule has 0 spiro atoms. The fourth-order valence-electron chi connectivity index (χ4n) is 3.26. The zero-order valence-electron chi connectivity index (χ0n) is 19.3. The summed E-state index contributed by atoms with van der Waals surface area (Å²) in [6.45, 7) is 4.55. The van der Waals surface area contributed by atoms with Crippen LogP contribution in [0.3, 0.4) is 0 Å². The fourth-order valence-corrected chi connectivity index (χ4v) is 4.67. The van der Waals surface area contributed by atoms with Crippen LogP contribution in [0.2, 0.25) is 19.6 Å². The van der Waals surface area contributed by atoms with E-state index in [2.05, 4.69) is 24.6 Å². The van der Waals surface area contributed by atoms with E-state index in [0.29, 0.717) is 11.3 Å². The minimum absolute atomic E-state index is 0.0517. The van der Waals surface area contributed by atoms with E-state index in [1.54, 1.807) is 24.3 Å². The van der Waals surface area contributed by atoms with Gasteiger partial charge in [0.15, 0.2) is 0 Å². The molecule has 1 aromatic carbocycles. The van der Waals surface area contributed by atoms with Crippen LogP contribution in [0.15, 0.2) is 36.5 Å². The van der Waals surface area contributed by atoms with Crippen LogP contribution in [-0.2, 0) is 6.37 Å². The smallest absolute Gasteiger partial charge is 0.0799 e. The lowest BCUT2D eigenvalue weighted by Crippen LogP contribution is -2.41. The van der Waals surface area contributed by atoms with Gasteiger partial charge in [-0.1, -0.05) is 75.2 Å². The van der Waals surface area contributed by atoms with Crippen molar-refractivity contribution in [2.45, 2.75) is 58.5 Å². The Hall–Kier alpha value is -1.41. The van der Waals surface area contributed by atoms with Crippen LogP contribution in [-0.4, -0.2) is 13.1 Å². The maximum Gasteiger partial charge on any atom is 0.0799 e. The summed E-state index contributed by atoms with van der Waals surface area (Å²) in [5.74, 6) is 0.0517. The lowest BCUT2D eigenvalue weighted by Gasteiger charge is -2.23. The number of rotatable bonds is 4. The highest BCUT2D eigenvalue weighted by atomic mass is 28.3. The van der Waals surface area contributed by atoms with Crippen molar-refractivity contribution in [1.29, 1.82) is 0 Å². The maximum atomic E-state index is 8.95. The van der Waals surface area contributed by atoms with Gasteiger partial charge in [0.2, 0.25) is 0 Å². The van der Waals surface area contributed by atoms with Crippen molar-refractivity contribution in [3.63, 3.8) is 0 Å². The average Bonchev–Trinajstić information content (AvgIpc) is 3.15. The van der Waals surface area contributed by atoms with Gasteiger partial charge in [0, 0.05) is 18.6 Å². The zero-order chi connectivity index (χ0) is 20.7. The van der Waals surface area contributed by atoms with Crippen molar-refractivity contribution in [3.05, 3.63) is 47.7 Å². The quantitative estimate of drug-likeness (QED) is 0.691. The highest BCUT2D eigenvalue weighted by molar-refractivity contribution is 6.89. The van der Waals surface area contributed by atoms with Crippen molar-refractivity contribution < 1.29 is 6.85 Å². The molecule has 1 aliphatic carbocycles. The van der Waals surface area contributed by atoms with Gasteiger partial charge in [-0.2, -0.15) is 0 Å². The highest BCUT2D eigenvalue weighted by Gasteiger charge is 2.24. The van der Waals surface area contributed by atoms with E-state index in [1.807, 2.05) is 12.3 Å². The molecule has 0 amide bonds. The van der Waals surface area contributed by atoms with Gasteiger partial charge < -0.3 is 0 Å². The van der Waals surface area contributed by atoms with Gasteiger partial charge in [0.25, 0.3) is 0 Å². The van der Waals surface area contributed by atoms with Crippen LogP contribution in [0.1, 0.15) is 43.7 Å². The predicted octanol–water partition coefficient (Wildman–Crippen LogP) is 5.33. The van der Waals surface area contributed by atoms with E-state index in [9.17, 15) is 0 Å². The summed E-state index contributed by atoms with van der Waals surface area (Å²) in [7, 11) is -1.77.